The van der Waals surface area contributed by atoms with Crippen molar-refractivity contribution < 1.29 is 13.2 Å². The normalized spacial score (nSPS) is 12.1. The van der Waals surface area contributed by atoms with Gasteiger partial charge in [-0.1, -0.05) is 0 Å². The van der Waals surface area contributed by atoms with Gasteiger partial charge in [0.2, 0.25) is 0 Å². The van der Waals surface area contributed by atoms with Crippen LogP contribution in [-0.4, -0.2) is 38.4 Å². The van der Waals surface area contributed by atoms with Crippen LogP contribution in [0.5, 0.6) is 0 Å². The molecule has 0 bridgehead atoms. The van der Waals surface area contributed by atoms with E-state index in [0.29, 0.717) is 12.1 Å². The van der Waals surface area contributed by atoms with Crippen LogP contribution in [0.4, 0.5) is 8.78 Å². The molecule has 1 aromatic carbocycles. The van der Waals surface area contributed by atoms with Crippen molar-refractivity contribution in [3.05, 3.63) is 48.1 Å². The molecule has 3 aromatic rings. The average Bonchev–Trinajstić information content (AvgIpc) is 3.50. The molecule has 3 rings (SSSR count). The first-order valence-corrected chi connectivity index (χ1v) is 19.7. The molecule has 0 spiro atoms. The van der Waals surface area contributed by atoms with Gasteiger partial charge >= 0.3 is 191 Å². The molecule has 180 valence electrons. The molecule has 0 atom stereocenters. The summed E-state index contributed by atoms with van der Waals surface area (Å²) in [6.45, 7) is 7.58. The Balaban J connectivity index is 1.75. The molecular weight excluding hydrogens is 529 g/mol. The van der Waals surface area contributed by atoms with Gasteiger partial charge in [-0.2, -0.15) is 8.78 Å². The van der Waals surface area contributed by atoms with Crippen LogP contribution in [0.1, 0.15) is 77.2 Å². The van der Waals surface area contributed by atoms with E-state index in [0.717, 1.165) is 5.56 Å². The van der Waals surface area contributed by atoms with E-state index < -0.39 is 30.7 Å². The molecule has 0 aliphatic heterocycles. The summed E-state index contributed by atoms with van der Waals surface area (Å²) in [5.74, 6) is -0.540. The van der Waals surface area contributed by atoms with E-state index in [1.54, 1.807) is 3.58 Å². The molecular formula is C25H36F2N4OSn. The first-order valence-electron chi connectivity index (χ1n) is 12.2. The third kappa shape index (κ3) is 6.87. The molecule has 0 amide bonds. The van der Waals surface area contributed by atoms with E-state index >= 15 is 0 Å². The van der Waals surface area contributed by atoms with Crippen molar-refractivity contribution in [3.63, 3.8) is 0 Å². The third-order valence-corrected chi connectivity index (χ3v) is 21.9. The fraction of sp³-hybridized carbons (Fsp3) is 0.560. The summed E-state index contributed by atoms with van der Waals surface area (Å²) in [5, 5.41) is 11.9. The standard InChI is InChI=1S/C13H9F2N4O.3C4H9.Sn/c14-11(15)13-18-17-12(20-13)10-4-2-9(3-5-10)8-19-7-1-6-16-19;3*1-3-4-2;/h2-7,11H,8H2;3*1,3-4H2,2H3;. The Labute approximate surface area is 199 Å². The van der Waals surface area contributed by atoms with Gasteiger partial charge in [0.1, 0.15) is 0 Å². The van der Waals surface area contributed by atoms with Gasteiger partial charge in [0.15, 0.2) is 0 Å². The fourth-order valence-corrected chi connectivity index (χ4v) is 20.0. The summed E-state index contributed by atoms with van der Waals surface area (Å²) in [6.07, 6.45) is 9.50. The number of unbranched alkanes of at least 4 members (excludes halogenated alkanes) is 3. The van der Waals surface area contributed by atoms with Crippen LogP contribution < -0.4 is 3.58 Å². The van der Waals surface area contributed by atoms with Gasteiger partial charge in [-0.05, 0) is 0 Å². The van der Waals surface area contributed by atoms with Gasteiger partial charge in [0.05, 0.1) is 0 Å². The molecule has 0 fully saturated rings. The van der Waals surface area contributed by atoms with Crippen LogP contribution >= 0.6 is 0 Å². The maximum atomic E-state index is 12.7. The summed E-state index contributed by atoms with van der Waals surface area (Å²) >= 11 is -2.47. The zero-order valence-corrected chi connectivity index (χ0v) is 22.9. The van der Waals surface area contributed by atoms with Crippen molar-refractivity contribution in [1.29, 1.82) is 0 Å². The fourth-order valence-electron chi connectivity index (χ4n) is 4.46. The quantitative estimate of drug-likeness (QED) is 0.198. The Morgan fingerprint density at radius 3 is 2.03 bits per heavy atom. The number of benzene rings is 1. The monoisotopic (exact) mass is 566 g/mol. The summed E-state index contributed by atoms with van der Waals surface area (Å²) in [6, 6.07) is 7.58. The van der Waals surface area contributed by atoms with E-state index in [9.17, 15) is 8.78 Å². The van der Waals surface area contributed by atoms with Crippen molar-refractivity contribution in [2.24, 2.45) is 0 Å². The van der Waals surface area contributed by atoms with Crippen molar-refractivity contribution in [2.75, 3.05) is 0 Å². The summed E-state index contributed by atoms with van der Waals surface area (Å²) < 4.78 is 38.3. The van der Waals surface area contributed by atoms with Crippen molar-refractivity contribution in [2.45, 2.75) is 85.6 Å². The van der Waals surface area contributed by atoms with Crippen LogP contribution in [-0.2, 0) is 6.54 Å². The SMILES string of the molecule is CCC[CH2][Sn]([CH2]CCC)([CH2]CCC)[c]1cnn(Cc2ccc(-c3nnc(C(F)F)o3)cc2)c1. The summed E-state index contributed by atoms with van der Waals surface area (Å²) in [5.41, 5.74) is 1.73. The molecule has 2 heterocycles. The van der Waals surface area contributed by atoms with Gasteiger partial charge in [-0.3, -0.25) is 0 Å². The minimum atomic E-state index is -2.76. The number of hydrogen-bond donors (Lipinski definition) is 0. The second kappa shape index (κ2) is 12.6. The van der Waals surface area contributed by atoms with E-state index in [2.05, 4.69) is 48.0 Å². The van der Waals surface area contributed by atoms with Crippen LogP contribution in [0.15, 0.2) is 41.1 Å². The maximum absolute atomic E-state index is 12.7. The molecule has 0 unspecified atom stereocenters. The van der Waals surface area contributed by atoms with Gasteiger partial charge in [-0.25, -0.2) is 0 Å². The summed E-state index contributed by atoms with van der Waals surface area (Å²) in [7, 11) is 0. The van der Waals surface area contributed by atoms with Crippen LogP contribution in [0.25, 0.3) is 11.5 Å². The molecule has 2 aromatic heterocycles. The number of alkyl halides is 2. The zero-order valence-electron chi connectivity index (χ0n) is 20.1. The molecule has 8 heteroatoms. The molecule has 0 saturated heterocycles. The van der Waals surface area contributed by atoms with Crippen molar-refractivity contribution in [3.8, 4) is 11.5 Å². The van der Waals surface area contributed by atoms with Gasteiger partial charge in [0, 0.05) is 0 Å². The van der Waals surface area contributed by atoms with Gasteiger partial charge < -0.3 is 0 Å². The average molecular weight is 565 g/mol. The molecule has 5 nitrogen and oxygen atoms in total. The Bertz CT molecular complexity index is 949. The number of nitrogens with zero attached hydrogens (tertiary/aromatic N) is 4. The second-order valence-electron chi connectivity index (χ2n) is 8.96. The Morgan fingerprint density at radius 2 is 1.52 bits per heavy atom. The minimum absolute atomic E-state index is 0.111. The molecule has 0 aliphatic rings. The predicted molar refractivity (Wildman–Crippen MR) is 131 cm³/mol. The molecule has 0 radical (unpaired) electrons. The second-order valence-corrected chi connectivity index (χ2v) is 22.2. The van der Waals surface area contributed by atoms with Gasteiger partial charge in [0.25, 0.3) is 0 Å². The third-order valence-electron chi connectivity index (χ3n) is 6.45. The predicted octanol–water partition coefficient (Wildman–Crippen LogP) is 6.98. The first-order chi connectivity index (χ1) is 16.0. The molecule has 0 saturated carbocycles. The Kier molecular flexibility index (Phi) is 9.89. The number of hydrogen-bond acceptors (Lipinski definition) is 4. The molecule has 0 N–H and O–H groups in total. The number of aromatic nitrogens is 4. The van der Waals surface area contributed by atoms with E-state index in [-0.39, 0.29) is 5.89 Å². The zero-order chi connectivity index (χ0) is 23.7. The van der Waals surface area contributed by atoms with Crippen molar-refractivity contribution >= 4 is 22.0 Å². The first kappa shape index (κ1) is 25.8. The van der Waals surface area contributed by atoms with Crippen molar-refractivity contribution in [1.82, 2.24) is 20.0 Å². The summed E-state index contributed by atoms with van der Waals surface area (Å²) in [4.78, 5) is 0. The molecule has 0 aliphatic carbocycles. The van der Waals surface area contributed by atoms with E-state index in [1.807, 2.05) is 24.3 Å². The number of halogens is 2. The topological polar surface area (TPSA) is 56.7 Å². The van der Waals surface area contributed by atoms with E-state index in [4.69, 9.17) is 9.52 Å². The Morgan fingerprint density at radius 1 is 0.909 bits per heavy atom. The van der Waals surface area contributed by atoms with Gasteiger partial charge in [-0.15, -0.1) is 0 Å². The van der Waals surface area contributed by atoms with Crippen LogP contribution in [0.2, 0.25) is 13.3 Å². The van der Waals surface area contributed by atoms with E-state index in [1.165, 1.54) is 51.8 Å². The van der Waals surface area contributed by atoms with Crippen LogP contribution in [0, 0.1) is 0 Å². The number of rotatable bonds is 14. The molecule has 33 heavy (non-hydrogen) atoms. The van der Waals surface area contributed by atoms with Crippen LogP contribution in [0.3, 0.4) is 0 Å². The Hall–Kier alpha value is -1.77.